The second-order valence-electron chi connectivity index (χ2n) is 6.45. The number of nitrogens with zero attached hydrogens (tertiary/aromatic N) is 2. The van der Waals surface area contributed by atoms with Crippen LogP contribution in [0.1, 0.15) is 18.1 Å². The molecule has 3 rings (SSSR count). The van der Waals surface area contributed by atoms with Gasteiger partial charge in [-0.1, -0.05) is 29.3 Å². The van der Waals surface area contributed by atoms with E-state index in [1.165, 1.54) is 12.1 Å². The molecule has 3 aromatic rings. The van der Waals surface area contributed by atoms with Crippen molar-refractivity contribution in [3.05, 3.63) is 90.4 Å². The number of nitrogens with one attached hydrogen (secondary N) is 1. The van der Waals surface area contributed by atoms with Crippen molar-refractivity contribution in [3.63, 3.8) is 0 Å². The maximum Gasteiger partial charge on any atom is 0.269 e. The minimum absolute atomic E-state index is 0.0131. The van der Waals surface area contributed by atoms with Crippen LogP contribution in [0, 0.1) is 10.1 Å². The third-order valence-electron chi connectivity index (χ3n) is 4.24. The fraction of sp³-hybridized carbons (Fsp3) is 0.136. The molecular weight excluding hydrogens is 521 g/mol. The first-order valence-corrected chi connectivity index (χ1v) is 11.0. The van der Waals surface area contributed by atoms with E-state index in [0.29, 0.717) is 33.8 Å². The van der Waals surface area contributed by atoms with E-state index in [9.17, 15) is 10.1 Å². The van der Waals surface area contributed by atoms with Crippen LogP contribution in [-0.4, -0.2) is 17.7 Å². The molecule has 0 saturated carbocycles. The number of anilines is 1. The Bertz CT molecular complexity index is 1140. The predicted octanol–water partition coefficient (Wildman–Crippen LogP) is 7.09. The molecule has 0 spiro atoms. The Labute approximate surface area is 203 Å². The van der Waals surface area contributed by atoms with Crippen molar-refractivity contribution in [3.8, 4) is 11.5 Å². The minimum atomic E-state index is -0.454. The maximum absolute atomic E-state index is 10.7. The first-order chi connectivity index (χ1) is 15.4. The van der Waals surface area contributed by atoms with Gasteiger partial charge in [0.05, 0.1) is 23.4 Å². The van der Waals surface area contributed by atoms with E-state index in [1.54, 1.807) is 42.6 Å². The molecule has 0 fully saturated rings. The van der Waals surface area contributed by atoms with E-state index in [1.807, 2.05) is 13.0 Å². The molecule has 0 atom stereocenters. The highest BCUT2D eigenvalue weighted by molar-refractivity contribution is 9.10. The first-order valence-electron chi connectivity index (χ1n) is 9.44. The number of benzene rings is 3. The fourth-order valence-electron chi connectivity index (χ4n) is 2.66. The zero-order valence-corrected chi connectivity index (χ0v) is 19.9. The lowest BCUT2D eigenvalue weighted by atomic mass is 10.2. The molecule has 10 heteroatoms. The number of ether oxygens (including phenoxy) is 2. The first kappa shape index (κ1) is 23.8. The largest absolute Gasteiger partial charge is 0.490 e. The molecule has 0 unspecified atom stereocenters. The highest BCUT2D eigenvalue weighted by Crippen LogP contribution is 2.34. The summed E-state index contributed by atoms with van der Waals surface area (Å²) in [6.07, 6.45) is 1.61. The van der Waals surface area contributed by atoms with Crippen molar-refractivity contribution >= 4 is 56.7 Å². The van der Waals surface area contributed by atoms with Crippen molar-refractivity contribution in [1.29, 1.82) is 0 Å². The zero-order chi connectivity index (χ0) is 23.1. The molecule has 32 heavy (non-hydrogen) atoms. The van der Waals surface area contributed by atoms with Gasteiger partial charge in [-0.3, -0.25) is 15.5 Å². The third kappa shape index (κ3) is 6.35. The summed E-state index contributed by atoms with van der Waals surface area (Å²) in [7, 11) is 0. The summed E-state index contributed by atoms with van der Waals surface area (Å²) in [5.41, 5.74) is 5.02. The van der Waals surface area contributed by atoms with Crippen LogP contribution in [0.15, 0.2) is 64.2 Å². The van der Waals surface area contributed by atoms with Crippen LogP contribution in [0.2, 0.25) is 10.0 Å². The molecule has 0 aliphatic rings. The van der Waals surface area contributed by atoms with Crippen LogP contribution in [0.3, 0.4) is 0 Å². The molecule has 166 valence electrons. The summed E-state index contributed by atoms with van der Waals surface area (Å²) in [5, 5.41) is 16.0. The van der Waals surface area contributed by atoms with Gasteiger partial charge in [-0.05, 0) is 59.3 Å². The molecule has 0 saturated heterocycles. The molecule has 1 N–H and O–H groups in total. The van der Waals surface area contributed by atoms with Gasteiger partial charge in [-0.2, -0.15) is 5.10 Å². The van der Waals surface area contributed by atoms with Crippen LogP contribution in [-0.2, 0) is 6.61 Å². The Morgan fingerprint density at radius 3 is 2.47 bits per heavy atom. The van der Waals surface area contributed by atoms with Crippen LogP contribution in [0.5, 0.6) is 11.5 Å². The number of halogens is 3. The lowest BCUT2D eigenvalue weighted by Crippen LogP contribution is -2.02. The van der Waals surface area contributed by atoms with Gasteiger partial charge in [0, 0.05) is 37.8 Å². The zero-order valence-electron chi connectivity index (χ0n) is 16.8. The van der Waals surface area contributed by atoms with Gasteiger partial charge in [0.15, 0.2) is 11.5 Å². The van der Waals surface area contributed by atoms with Gasteiger partial charge in [-0.25, -0.2) is 0 Å². The summed E-state index contributed by atoms with van der Waals surface area (Å²) in [4.78, 5) is 10.3. The molecule has 7 nitrogen and oxygen atoms in total. The molecular formula is C22H18BrCl2N3O4. The average molecular weight is 539 g/mol. The molecule has 0 bridgehead atoms. The van der Waals surface area contributed by atoms with E-state index in [0.717, 1.165) is 15.6 Å². The average Bonchev–Trinajstić information content (AvgIpc) is 2.76. The number of hydrazone groups is 1. The fourth-order valence-corrected chi connectivity index (χ4v) is 3.55. The Kier molecular flexibility index (Phi) is 8.33. The molecule has 0 amide bonds. The Hall–Kier alpha value is -2.81. The molecule has 0 aliphatic carbocycles. The lowest BCUT2D eigenvalue weighted by Gasteiger charge is -2.14. The topological polar surface area (TPSA) is 86.0 Å². The summed E-state index contributed by atoms with van der Waals surface area (Å²) in [5.74, 6) is 1.10. The van der Waals surface area contributed by atoms with Crippen molar-refractivity contribution in [2.24, 2.45) is 5.10 Å². The van der Waals surface area contributed by atoms with E-state index >= 15 is 0 Å². The minimum Gasteiger partial charge on any atom is -0.490 e. The summed E-state index contributed by atoms with van der Waals surface area (Å²) in [6.45, 7) is 2.58. The van der Waals surface area contributed by atoms with Gasteiger partial charge < -0.3 is 9.47 Å². The van der Waals surface area contributed by atoms with Gasteiger partial charge in [0.1, 0.15) is 6.61 Å². The quantitative estimate of drug-likeness (QED) is 0.178. The molecule has 0 aromatic heterocycles. The smallest absolute Gasteiger partial charge is 0.269 e. The van der Waals surface area contributed by atoms with Crippen LogP contribution < -0.4 is 14.9 Å². The number of hydrogen-bond acceptors (Lipinski definition) is 6. The van der Waals surface area contributed by atoms with E-state index < -0.39 is 4.92 Å². The van der Waals surface area contributed by atoms with Crippen LogP contribution >= 0.6 is 39.1 Å². The van der Waals surface area contributed by atoms with Gasteiger partial charge >= 0.3 is 0 Å². The van der Waals surface area contributed by atoms with Gasteiger partial charge in [0.25, 0.3) is 5.69 Å². The monoisotopic (exact) mass is 537 g/mol. The lowest BCUT2D eigenvalue weighted by molar-refractivity contribution is -0.384. The molecule has 0 radical (unpaired) electrons. The van der Waals surface area contributed by atoms with Crippen LogP contribution in [0.4, 0.5) is 11.4 Å². The second-order valence-corrected chi connectivity index (χ2v) is 8.15. The van der Waals surface area contributed by atoms with Crippen molar-refractivity contribution in [1.82, 2.24) is 0 Å². The predicted molar refractivity (Wildman–Crippen MR) is 130 cm³/mol. The number of rotatable bonds is 9. The molecule has 0 heterocycles. The van der Waals surface area contributed by atoms with Gasteiger partial charge in [-0.15, -0.1) is 0 Å². The van der Waals surface area contributed by atoms with E-state index in [2.05, 4.69) is 26.5 Å². The van der Waals surface area contributed by atoms with Crippen LogP contribution in [0.25, 0.3) is 0 Å². The Balaban J connectivity index is 1.73. The number of hydrogen-bond donors (Lipinski definition) is 1. The molecule has 3 aromatic carbocycles. The number of nitro benzene ring substituents is 1. The maximum atomic E-state index is 10.7. The second kappa shape index (κ2) is 11.2. The Morgan fingerprint density at radius 1 is 1.09 bits per heavy atom. The van der Waals surface area contributed by atoms with Gasteiger partial charge in [0.2, 0.25) is 0 Å². The SMILES string of the molecule is CCOc1cc(/C=N/Nc2ccc([N+](=O)[O-])cc2)c(Br)cc1OCc1ccc(Cl)cc1Cl. The highest BCUT2D eigenvalue weighted by atomic mass is 79.9. The van der Waals surface area contributed by atoms with Crippen molar-refractivity contribution < 1.29 is 14.4 Å². The Morgan fingerprint density at radius 2 is 1.81 bits per heavy atom. The number of non-ortho nitro benzene ring substituents is 1. The van der Waals surface area contributed by atoms with E-state index in [-0.39, 0.29) is 12.3 Å². The molecule has 0 aliphatic heterocycles. The van der Waals surface area contributed by atoms with E-state index in [4.69, 9.17) is 32.7 Å². The highest BCUT2D eigenvalue weighted by Gasteiger charge is 2.12. The standard InChI is InChI=1S/C22H18BrCl2N3O4/c1-2-31-21-9-15(12-26-27-17-5-7-18(8-6-17)28(29)30)19(23)11-22(21)32-13-14-3-4-16(24)10-20(14)25/h3-12,27H,2,13H2,1H3/b26-12+. The summed E-state index contributed by atoms with van der Waals surface area (Å²) < 4.78 is 12.4. The normalized spacial score (nSPS) is 10.9. The van der Waals surface area contributed by atoms with Crippen molar-refractivity contribution in [2.45, 2.75) is 13.5 Å². The van der Waals surface area contributed by atoms with Crippen molar-refractivity contribution in [2.75, 3.05) is 12.0 Å². The summed E-state index contributed by atoms with van der Waals surface area (Å²) >= 11 is 15.7. The summed E-state index contributed by atoms with van der Waals surface area (Å²) in [6, 6.07) is 14.8. The number of nitro groups is 1. The third-order valence-corrected chi connectivity index (χ3v) is 5.51.